The molecule has 2 aromatic carbocycles. The molecule has 5 rings (SSSR count). The van der Waals surface area contributed by atoms with E-state index in [1.165, 1.54) is 0 Å². The summed E-state index contributed by atoms with van der Waals surface area (Å²) in [5.41, 5.74) is 0.811. The number of carbonyl (C=O) groups is 3. The normalized spacial score (nSPS) is 20.6. The number of nitrogens with one attached hydrogen (secondary N) is 2. The second-order valence-electron chi connectivity index (χ2n) is 10.0. The molecule has 1 spiro atoms. The molecule has 1 atom stereocenters. The molecule has 10 nitrogen and oxygen atoms in total. The van der Waals surface area contributed by atoms with Crippen LogP contribution in [-0.2, 0) is 14.3 Å². The maximum absolute atomic E-state index is 13.8. The fourth-order valence-corrected chi connectivity index (χ4v) is 5.54. The first-order chi connectivity index (χ1) is 18.5. The van der Waals surface area contributed by atoms with E-state index in [-0.39, 0.29) is 30.5 Å². The van der Waals surface area contributed by atoms with Gasteiger partial charge in [0, 0.05) is 37.6 Å². The molecule has 202 valence electrons. The summed E-state index contributed by atoms with van der Waals surface area (Å²) in [6.07, 6.45) is 2.95. The Labute approximate surface area is 222 Å². The Kier molecular flexibility index (Phi) is 7.69. The third kappa shape index (κ3) is 5.40. The van der Waals surface area contributed by atoms with E-state index >= 15 is 0 Å². The topological polar surface area (TPSA) is 103 Å². The molecular formula is C28H35N5O5. The first-order valence-corrected chi connectivity index (χ1v) is 13.2. The van der Waals surface area contributed by atoms with Gasteiger partial charge in [0.2, 0.25) is 5.91 Å². The number of benzene rings is 2. The van der Waals surface area contributed by atoms with Crippen LogP contribution in [0.1, 0.15) is 25.7 Å². The van der Waals surface area contributed by atoms with Crippen LogP contribution in [-0.4, -0.2) is 85.9 Å². The van der Waals surface area contributed by atoms with Crippen LogP contribution in [0.4, 0.5) is 16.2 Å². The molecule has 2 aromatic rings. The Morgan fingerprint density at radius 1 is 1.08 bits per heavy atom. The first kappa shape index (κ1) is 25.8. The van der Waals surface area contributed by atoms with Gasteiger partial charge in [0.1, 0.15) is 17.8 Å². The fourth-order valence-electron chi connectivity index (χ4n) is 5.54. The van der Waals surface area contributed by atoms with E-state index in [4.69, 9.17) is 9.47 Å². The number of anilines is 2. The van der Waals surface area contributed by atoms with Gasteiger partial charge >= 0.3 is 6.03 Å². The SMILES string of the molecule is COc1ccc(NC(=O)N2CCC3(CC2)C(=O)N(CC(=O)NC[C@H]2CCCO2)CN3c2ccccc2)cc1. The molecule has 3 aliphatic rings. The number of urea groups is 1. The summed E-state index contributed by atoms with van der Waals surface area (Å²) < 4.78 is 10.8. The van der Waals surface area contributed by atoms with E-state index in [0.717, 1.165) is 25.1 Å². The molecule has 0 unspecified atom stereocenters. The summed E-state index contributed by atoms with van der Waals surface area (Å²) in [7, 11) is 1.60. The minimum atomic E-state index is -0.799. The zero-order chi connectivity index (χ0) is 26.5. The van der Waals surface area contributed by atoms with Crippen molar-refractivity contribution in [3.63, 3.8) is 0 Å². The van der Waals surface area contributed by atoms with Gasteiger partial charge in [-0.25, -0.2) is 4.79 Å². The van der Waals surface area contributed by atoms with E-state index in [0.29, 0.717) is 50.6 Å². The molecular weight excluding hydrogens is 486 g/mol. The molecule has 4 amide bonds. The smallest absolute Gasteiger partial charge is 0.321 e. The highest BCUT2D eigenvalue weighted by atomic mass is 16.5. The van der Waals surface area contributed by atoms with Gasteiger partial charge in [-0.15, -0.1) is 0 Å². The van der Waals surface area contributed by atoms with Crippen molar-refractivity contribution >= 4 is 29.2 Å². The number of ether oxygens (including phenoxy) is 2. The predicted molar refractivity (Wildman–Crippen MR) is 143 cm³/mol. The molecule has 38 heavy (non-hydrogen) atoms. The number of para-hydroxylation sites is 1. The molecule has 10 heteroatoms. The summed E-state index contributed by atoms with van der Waals surface area (Å²) in [6, 6.07) is 16.8. The van der Waals surface area contributed by atoms with Crippen LogP contribution in [0.3, 0.4) is 0 Å². The Balaban J connectivity index is 1.25. The van der Waals surface area contributed by atoms with Gasteiger partial charge in [-0.05, 0) is 62.1 Å². The van der Waals surface area contributed by atoms with Gasteiger partial charge in [0.25, 0.3) is 5.91 Å². The second kappa shape index (κ2) is 11.3. The summed E-state index contributed by atoms with van der Waals surface area (Å²) in [4.78, 5) is 45.0. The monoisotopic (exact) mass is 521 g/mol. The number of amides is 4. The Morgan fingerprint density at radius 3 is 2.47 bits per heavy atom. The number of rotatable bonds is 7. The third-order valence-electron chi connectivity index (χ3n) is 7.69. The van der Waals surface area contributed by atoms with Gasteiger partial charge in [0.15, 0.2) is 0 Å². The molecule has 3 heterocycles. The van der Waals surface area contributed by atoms with Gasteiger partial charge in [-0.2, -0.15) is 0 Å². The Morgan fingerprint density at radius 2 is 1.82 bits per heavy atom. The third-order valence-corrected chi connectivity index (χ3v) is 7.69. The molecule has 2 N–H and O–H groups in total. The lowest BCUT2D eigenvalue weighted by molar-refractivity contribution is -0.137. The van der Waals surface area contributed by atoms with Crippen molar-refractivity contribution in [3.05, 3.63) is 54.6 Å². The van der Waals surface area contributed by atoms with Crippen LogP contribution in [0.2, 0.25) is 0 Å². The van der Waals surface area contributed by atoms with Crippen molar-refractivity contribution < 1.29 is 23.9 Å². The number of hydrogen-bond donors (Lipinski definition) is 2. The summed E-state index contributed by atoms with van der Waals surface area (Å²) in [5.74, 6) is 0.466. The molecule has 3 aliphatic heterocycles. The average molecular weight is 522 g/mol. The van der Waals surface area contributed by atoms with Crippen molar-refractivity contribution in [2.75, 3.05) is 56.8 Å². The molecule has 0 aromatic heterocycles. The highest BCUT2D eigenvalue weighted by Gasteiger charge is 2.54. The van der Waals surface area contributed by atoms with Gasteiger partial charge in [-0.1, -0.05) is 18.2 Å². The van der Waals surface area contributed by atoms with Gasteiger partial charge in [0.05, 0.1) is 19.9 Å². The molecule has 0 aliphatic carbocycles. The van der Waals surface area contributed by atoms with Crippen molar-refractivity contribution in [1.29, 1.82) is 0 Å². The Bertz CT molecular complexity index is 1130. The molecule has 0 bridgehead atoms. The van der Waals surface area contributed by atoms with E-state index < -0.39 is 5.54 Å². The fraction of sp³-hybridized carbons (Fsp3) is 0.464. The van der Waals surface area contributed by atoms with E-state index in [1.807, 2.05) is 30.3 Å². The minimum Gasteiger partial charge on any atom is -0.497 e. The standard InChI is InChI=1S/C28H35N5O5/c1-37-23-11-9-21(10-12-23)30-27(36)31-15-13-28(14-16-31)26(35)32(20-33(28)22-6-3-2-4-7-22)19-25(34)29-18-24-8-5-17-38-24/h2-4,6-7,9-12,24H,5,8,13-20H2,1H3,(H,29,34)(H,30,36)/t24-/m1/s1. The molecule has 3 fully saturated rings. The zero-order valence-electron chi connectivity index (χ0n) is 21.7. The van der Waals surface area contributed by atoms with Crippen LogP contribution in [0.15, 0.2) is 54.6 Å². The van der Waals surface area contributed by atoms with E-state index in [1.54, 1.807) is 41.2 Å². The van der Waals surface area contributed by atoms with Crippen LogP contribution in [0.5, 0.6) is 5.75 Å². The molecule has 3 saturated heterocycles. The highest BCUT2D eigenvalue weighted by Crippen LogP contribution is 2.39. The van der Waals surface area contributed by atoms with Crippen molar-refractivity contribution in [1.82, 2.24) is 15.1 Å². The predicted octanol–water partition coefficient (Wildman–Crippen LogP) is 2.66. The van der Waals surface area contributed by atoms with E-state index in [9.17, 15) is 14.4 Å². The average Bonchev–Trinajstić information content (AvgIpc) is 3.56. The Hall–Kier alpha value is -3.79. The van der Waals surface area contributed by atoms with Crippen molar-refractivity contribution in [2.45, 2.75) is 37.3 Å². The number of carbonyl (C=O) groups excluding carboxylic acids is 3. The maximum atomic E-state index is 13.8. The lowest BCUT2D eigenvalue weighted by Crippen LogP contribution is -2.58. The van der Waals surface area contributed by atoms with Crippen LogP contribution >= 0.6 is 0 Å². The van der Waals surface area contributed by atoms with Crippen LogP contribution < -0.4 is 20.3 Å². The lowest BCUT2D eigenvalue weighted by atomic mass is 9.85. The summed E-state index contributed by atoms with van der Waals surface area (Å²) in [6.45, 7) is 2.38. The van der Waals surface area contributed by atoms with Crippen LogP contribution in [0.25, 0.3) is 0 Å². The second-order valence-corrected chi connectivity index (χ2v) is 10.0. The lowest BCUT2D eigenvalue weighted by Gasteiger charge is -2.43. The zero-order valence-corrected chi connectivity index (χ0v) is 21.7. The van der Waals surface area contributed by atoms with E-state index in [2.05, 4.69) is 15.5 Å². The largest absolute Gasteiger partial charge is 0.497 e. The summed E-state index contributed by atoms with van der Waals surface area (Å²) in [5, 5.41) is 5.85. The number of hydrogen-bond acceptors (Lipinski definition) is 6. The first-order valence-electron chi connectivity index (χ1n) is 13.2. The van der Waals surface area contributed by atoms with Gasteiger partial charge < -0.3 is 34.8 Å². The quantitative estimate of drug-likeness (QED) is 0.581. The van der Waals surface area contributed by atoms with Gasteiger partial charge in [-0.3, -0.25) is 9.59 Å². The maximum Gasteiger partial charge on any atom is 0.321 e. The number of methoxy groups -OCH3 is 1. The number of piperidine rings is 1. The van der Waals surface area contributed by atoms with Crippen LogP contribution in [0, 0.1) is 0 Å². The van der Waals surface area contributed by atoms with Crippen molar-refractivity contribution in [3.8, 4) is 5.75 Å². The highest BCUT2D eigenvalue weighted by molar-refractivity contribution is 5.97. The summed E-state index contributed by atoms with van der Waals surface area (Å²) >= 11 is 0. The number of likely N-dealkylation sites (tertiary alicyclic amines) is 1. The molecule has 0 saturated carbocycles. The number of nitrogens with zero attached hydrogens (tertiary/aromatic N) is 3. The van der Waals surface area contributed by atoms with Crippen molar-refractivity contribution in [2.24, 2.45) is 0 Å². The minimum absolute atomic E-state index is 0.00168. The molecule has 0 radical (unpaired) electrons.